The van der Waals surface area contributed by atoms with Crippen LogP contribution in [-0.4, -0.2) is 21.1 Å². The quantitative estimate of drug-likeness (QED) is 0.697. The fourth-order valence-corrected chi connectivity index (χ4v) is 2.63. The molecule has 0 saturated heterocycles. The van der Waals surface area contributed by atoms with E-state index in [1.807, 2.05) is 61.0 Å². The molecule has 122 valence electrons. The number of para-hydroxylation sites is 1. The third-order valence-corrected chi connectivity index (χ3v) is 3.82. The maximum atomic E-state index is 9.14. The summed E-state index contributed by atoms with van der Waals surface area (Å²) in [6, 6.07) is 14.0. The molecular formula is C19H20N4O. The van der Waals surface area contributed by atoms with E-state index in [2.05, 4.69) is 11.1 Å². The summed E-state index contributed by atoms with van der Waals surface area (Å²) in [5, 5.41) is 9.14. The van der Waals surface area contributed by atoms with Gasteiger partial charge in [0.15, 0.2) is 5.65 Å². The van der Waals surface area contributed by atoms with Gasteiger partial charge in [0.2, 0.25) is 0 Å². The van der Waals surface area contributed by atoms with Gasteiger partial charge in [0.1, 0.15) is 17.1 Å². The first-order chi connectivity index (χ1) is 11.7. The predicted molar refractivity (Wildman–Crippen MR) is 92.7 cm³/mol. The minimum Gasteiger partial charge on any atom is -0.493 e. The van der Waals surface area contributed by atoms with Crippen LogP contribution in [0.25, 0.3) is 11.2 Å². The van der Waals surface area contributed by atoms with Gasteiger partial charge in [0, 0.05) is 19.2 Å². The summed E-state index contributed by atoms with van der Waals surface area (Å²) in [5.74, 6) is 1.65. The van der Waals surface area contributed by atoms with Crippen molar-refractivity contribution in [1.29, 1.82) is 5.26 Å². The number of aromatic nitrogens is 3. The van der Waals surface area contributed by atoms with Crippen molar-refractivity contribution in [1.82, 2.24) is 14.5 Å². The summed E-state index contributed by atoms with van der Waals surface area (Å²) < 4.78 is 7.82. The second kappa shape index (κ2) is 7.14. The molecule has 5 heteroatoms. The molecule has 0 saturated carbocycles. The Morgan fingerprint density at radius 2 is 2.08 bits per heavy atom. The van der Waals surface area contributed by atoms with Crippen LogP contribution in [0, 0.1) is 24.2 Å². The summed E-state index contributed by atoms with van der Waals surface area (Å²) in [4.78, 5) is 9.21. The van der Waals surface area contributed by atoms with Crippen LogP contribution < -0.4 is 4.74 Å². The molecule has 2 heterocycles. The summed E-state index contributed by atoms with van der Waals surface area (Å²) in [7, 11) is 0. The van der Waals surface area contributed by atoms with E-state index < -0.39 is 0 Å². The average Bonchev–Trinajstić information content (AvgIpc) is 2.92. The van der Waals surface area contributed by atoms with Crippen molar-refractivity contribution < 1.29 is 4.74 Å². The molecule has 0 fully saturated rings. The summed E-state index contributed by atoms with van der Waals surface area (Å²) >= 11 is 0. The molecule has 24 heavy (non-hydrogen) atoms. The Balaban J connectivity index is 1.82. The smallest absolute Gasteiger partial charge is 0.160 e. The van der Waals surface area contributed by atoms with Crippen LogP contribution in [0.5, 0.6) is 5.75 Å². The number of ether oxygens (including phenoxy) is 1. The highest BCUT2D eigenvalue weighted by atomic mass is 16.5. The average molecular weight is 320 g/mol. The second-order valence-electron chi connectivity index (χ2n) is 5.94. The van der Waals surface area contributed by atoms with Gasteiger partial charge < -0.3 is 9.30 Å². The number of nitrogens with zero attached hydrogens (tertiary/aromatic N) is 4. The number of hydrogen-bond donors (Lipinski definition) is 0. The Kier molecular flexibility index (Phi) is 4.76. The third-order valence-electron chi connectivity index (χ3n) is 3.82. The van der Waals surface area contributed by atoms with Crippen molar-refractivity contribution in [2.24, 2.45) is 5.92 Å². The maximum Gasteiger partial charge on any atom is 0.160 e. The zero-order valence-electron chi connectivity index (χ0n) is 13.9. The molecule has 0 bridgehead atoms. The van der Waals surface area contributed by atoms with E-state index in [9.17, 15) is 0 Å². The lowest BCUT2D eigenvalue weighted by molar-refractivity contribution is 0.316. The molecule has 0 N–H and O–H groups in total. The van der Waals surface area contributed by atoms with Crippen molar-refractivity contribution in [3.63, 3.8) is 0 Å². The van der Waals surface area contributed by atoms with Crippen molar-refractivity contribution in [3.8, 4) is 11.8 Å². The Morgan fingerprint density at radius 1 is 1.29 bits per heavy atom. The van der Waals surface area contributed by atoms with Crippen molar-refractivity contribution in [2.75, 3.05) is 6.61 Å². The fraction of sp³-hybridized carbons (Fsp3) is 0.316. The fourth-order valence-electron chi connectivity index (χ4n) is 2.63. The zero-order valence-corrected chi connectivity index (χ0v) is 13.9. The van der Waals surface area contributed by atoms with Crippen LogP contribution in [0.3, 0.4) is 0 Å². The predicted octanol–water partition coefficient (Wildman–Crippen LogP) is 3.52. The summed E-state index contributed by atoms with van der Waals surface area (Å²) in [6.07, 6.45) is 2.50. The molecule has 0 aliphatic carbocycles. The second-order valence-corrected chi connectivity index (χ2v) is 5.94. The maximum absolute atomic E-state index is 9.14. The van der Waals surface area contributed by atoms with E-state index in [4.69, 9.17) is 15.0 Å². The number of aryl methyl sites for hydroxylation is 1. The van der Waals surface area contributed by atoms with E-state index in [-0.39, 0.29) is 5.92 Å². The topological polar surface area (TPSA) is 63.7 Å². The SMILES string of the molecule is Cc1cnc2c(c1)nc(CCOc1ccccc1)n2CC(C)C#N. The van der Waals surface area contributed by atoms with Gasteiger partial charge in [-0.2, -0.15) is 5.26 Å². The highest BCUT2D eigenvalue weighted by molar-refractivity contribution is 5.72. The van der Waals surface area contributed by atoms with Crippen molar-refractivity contribution in [3.05, 3.63) is 54.0 Å². The standard InChI is InChI=1S/C19H20N4O/c1-14-10-17-19(21-12-14)23(13-15(2)11-20)18(22-17)8-9-24-16-6-4-3-5-7-16/h3-7,10,12,15H,8-9,13H2,1-2H3. The molecule has 1 unspecified atom stereocenters. The third kappa shape index (κ3) is 3.54. The minimum atomic E-state index is -0.0979. The first-order valence-electron chi connectivity index (χ1n) is 8.06. The first-order valence-corrected chi connectivity index (χ1v) is 8.06. The number of hydrogen-bond acceptors (Lipinski definition) is 4. The van der Waals surface area contributed by atoms with Crippen LogP contribution in [0.2, 0.25) is 0 Å². The number of imidazole rings is 1. The molecule has 0 aliphatic rings. The van der Waals surface area contributed by atoms with E-state index in [1.54, 1.807) is 0 Å². The summed E-state index contributed by atoms with van der Waals surface area (Å²) in [6.45, 7) is 5.03. The van der Waals surface area contributed by atoms with E-state index in [0.717, 1.165) is 28.3 Å². The van der Waals surface area contributed by atoms with E-state index in [1.165, 1.54) is 0 Å². The van der Waals surface area contributed by atoms with Crippen LogP contribution in [0.4, 0.5) is 0 Å². The molecule has 0 amide bonds. The molecular weight excluding hydrogens is 300 g/mol. The lowest BCUT2D eigenvalue weighted by Crippen LogP contribution is -2.13. The highest BCUT2D eigenvalue weighted by Gasteiger charge is 2.14. The molecule has 1 aromatic carbocycles. The number of benzene rings is 1. The van der Waals surface area contributed by atoms with Crippen LogP contribution in [0.15, 0.2) is 42.6 Å². The first kappa shape index (κ1) is 16.0. The van der Waals surface area contributed by atoms with Gasteiger partial charge in [0.05, 0.1) is 18.6 Å². The molecule has 3 aromatic rings. The van der Waals surface area contributed by atoms with Gasteiger partial charge in [-0.05, 0) is 37.6 Å². The zero-order chi connectivity index (χ0) is 16.9. The molecule has 3 rings (SSSR count). The number of fused-ring (bicyclic) bond motifs is 1. The van der Waals surface area contributed by atoms with Crippen molar-refractivity contribution >= 4 is 11.2 Å². The van der Waals surface area contributed by atoms with Crippen molar-refractivity contribution in [2.45, 2.75) is 26.8 Å². The molecule has 5 nitrogen and oxygen atoms in total. The Bertz CT molecular complexity index is 864. The van der Waals surface area contributed by atoms with Gasteiger partial charge in [-0.1, -0.05) is 18.2 Å². The number of nitriles is 1. The lowest BCUT2D eigenvalue weighted by Gasteiger charge is -2.10. The molecule has 2 aromatic heterocycles. The number of pyridine rings is 1. The van der Waals surface area contributed by atoms with E-state index >= 15 is 0 Å². The monoisotopic (exact) mass is 320 g/mol. The van der Waals surface area contributed by atoms with Gasteiger partial charge in [0.25, 0.3) is 0 Å². The Morgan fingerprint density at radius 3 is 2.83 bits per heavy atom. The van der Waals surface area contributed by atoms with Gasteiger partial charge in [-0.15, -0.1) is 0 Å². The molecule has 0 spiro atoms. The van der Waals surface area contributed by atoms with Gasteiger partial charge >= 0.3 is 0 Å². The summed E-state index contributed by atoms with van der Waals surface area (Å²) in [5.41, 5.74) is 2.78. The van der Waals surface area contributed by atoms with Gasteiger partial charge in [-0.3, -0.25) is 0 Å². The highest BCUT2D eigenvalue weighted by Crippen LogP contribution is 2.18. The normalized spacial score (nSPS) is 12.0. The van der Waals surface area contributed by atoms with Gasteiger partial charge in [-0.25, -0.2) is 9.97 Å². The Labute approximate surface area is 141 Å². The largest absolute Gasteiger partial charge is 0.493 e. The minimum absolute atomic E-state index is 0.0979. The lowest BCUT2D eigenvalue weighted by atomic mass is 10.2. The number of rotatable bonds is 6. The Hall–Kier alpha value is -2.87. The molecule has 0 aliphatic heterocycles. The van der Waals surface area contributed by atoms with E-state index in [0.29, 0.717) is 19.6 Å². The molecule has 0 radical (unpaired) electrons. The van der Waals surface area contributed by atoms with Crippen LogP contribution in [-0.2, 0) is 13.0 Å². The molecule has 1 atom stereocenters. The van der Waals surface area contributed by atoms with Crippen LogP contribution >= 0.6 is 0 Å². The van der Waals surface area contributed by atoms with Crippen LogP contribution in [0.1, 0.15) is 18.3 Å².